The fourth-order valence-corrected chi connectivity index (χ4v) is 6.62. The second-order valence-electron chi connectivity index (χ2n) is 8.95. The van der Waals surface area contributed by atoms with Gasteiger partial charge < -0.3 is 15.0 Å². The van der Waals surface area contributed by atoms with E-state index in [0.29, 0.717) is 24.8 Å². The van der Waals surface area contributed by atoms with Crippen LogP contribution in [0.5, 0.6) is 5.75 Å². The molecule has 0 spiro atoms. The van der Waals surface area contributed by atoms with Crippen LogP contribution in [0.15, 0.2) is 48.5 Å². The molecule has 1 N–H and O–H groups in total. The largest absolute Gasteiger partial charge is 0.484 e. The Hall–Kier alpha value is -3.23. The Morgan fingerprint density at radius 2 is 1.89 bits per heavy atom. The summed E-state index contributed by atoms with van der Waals surface area (Å²) in [6.07, 6.45) is 0.741. The average Bonchev–Trinajstić information content (AvgIpc) is 3.42. The number of hydrogen-bond donors (Lipinski definition) is 1. The maximum atomic E-state index is 12.9. The van der Waals surface area contributed by atoms with Crippen molar-refractivity contribution in [2.75, 3.05) is 18.5 Å². The van der Waals surface area contributed by atoms with Gasteiger partial charge in [-0.15, -0.1) is 22.7 Å². The van der Waals surface area contributed by atoms with E-state index >= 15 is 0 Å². The molecule has 0 bridgehead atoms. The monoisotopic (exact) mass is 505 g/mol. The first kappa shape index (κ1) is 23.5. The van der Waals surface area contributed by atoms with Gasteiger partial charge in [0.15, 0.2) is 6.61 Å². The lowest BCUT2D eigenvalue weighted by Gasteiger charge is -2.26. The average molecular weight is 506 g/mol. The molecule has 0 fully saturated rings. The summed E-state index contributed by atoms with van der Waals surface area (Å²) in [6, 6.07) is 15.9. The number of aromatic nitrogens is 1. The molecule has 0 radical (unpaired) electrons. The van der Waals surface area contributed by atoms with Crippen LogP contribution in [-0.4, -0.2) is 34.8 Å². The molecule has 3 heterocycles. The highest BCUT2D eigenvalue weighted by Gasteiger charge is 2.28. The molecule has 2 aromatic heterocycles. The fraction of sp³-hybridized carbons (Fsp3) is 0.296. The maximum absolute atomic E-state index is 12.9. The molecular weight excluding hydrogens is 478 g/mol. The minimum atomic E-state index is -0.220. The van der Waals surface area contributed by atoms with Gasteiger partial charge in [0.1, 0.15) is 15.8 Å². The first-order valence-corrected chi connectivity index (χ1v) is 13.3. The second kappa shape index (κ2) is 9.79. The molecule has 2 amide bonds. The summed E-state index contributed by atoms with van der Waals surface area (Å²) < 4.78 is 6.85. The molecule has 6 nitrogen and oxygen atoms in total. The third-order valence-corrected chi connectivity index (χ3v) is 8.37. The number of benzene rings is 2. The van der Waals surface area contributed by atoms with Crippen molar-refractivity contribution < 1.29 is 14.3 Å². The number of fused-ring (bicyclic) bond motifs is 2. The topological polar surface area (TPSA) is 71.5 Å². The minimum absolute atomic E-state index is 0.0630. The minimum Gasteiger partial charge on any atom is -0.484 e. The molecular formula is C27H27N3O3S2. The van der Waals surface area contributed by atoms with Crippen molar-refractivity contribution in [2.45, 2.75) is 39.7 Å². The van der Waals surface area contributed by atoms with Gasteiger partial charge in [0.2, 0.25) is 5.91 Å². The van der Waals surface area contributed by atoms with Crippen molar-refractivity contribution in [1.82, 2.24) is 9.88 Å². The number of ether oxygens (including phenoxy) is 1. The van der Waals surface area contributed by atoms with E-state index in [-0.39, 0.29) is 18.4 Å². The van der Waals surface area contributed by atoms with E-state index in [1.165, 1.54) is 22.5 Å². The molecule has 2 aromatic carbocycles. The van der Waals surface area contributed by atoms with Gasteiger partial charge in [-0.25, -0.2) is 4.98 Å². The van der Waals surface area contributed by atoms with Gasteiger partial charge in [0.25, 0.3) is 5.91 Å². The Bertz CT molecular complexity index is 1360. The lowest BCUT2D eigenvalue weighted by molar-refractivity contribution is -0.129. The van der Waals surface area contributed by atoms with Gasteiger partial charge in [-0.05, 0) is 47.7 Å². The fourth-order valence-electron chi connectivity index (χ4n) is 4.23. The van der Waals surface area contributed by atoms with Crippen LogP contribution in [-0.2, 0) is 22.6 Å². The smallest absolute Gasteiger partial charge is 0.262 e. The lowest BCUT2D eigenvalue weighted by Crippen LogP contribution is -2.33. The van der Waals surface area contributed by atoms with E-state index in [9.17, 15) is 9.59 Å². The lowest BCUT2D eigenvalue weighted by atomic mass is 10.0. The second-order valence-corrected chi connectivity index (χ2v) is 11.1. The normalized spacial score (nSPS) is 13.2. The summed E-state index contributed by atoms with van der Waals surface area (Å²) in [7, 11) is 0. The van der Waals surface area contributed by atoms with Crippen LogP contribution in [0.4, 0.5) is 5.00 Å². The van der Waals surface area contributed by atoms with Crippen LogP contribution in [0.2, 0.25) is 0 Å². The Kier molecular flexibility index (Phi) is 6.58. The summed E-state index contributed by atoms with van der Waals surface area (Å²) in [6.45, 7) is 7.02. The summed E-state index contributed by atoms with van der Waals surface area (Å²) in [5, 5.41) is 4.73. The quantitative estimate of drug-likeness (QED) is 0.345. The number of anilines is 1. The molecule has 8 heteroatoms. The Morgan fingerprint density at radius 3 is 2.60 bits per heavy atom. The van der Waals surface area contributed by atoms with E-state index in [4.69, 9.17) is 9.72 Å². The van der Waals surface area contributed by atoms with E-state index in [1.807, 2.05) is 47.4 Å². The van der Waals surface area contributed by atoms with Gasteiger partial charge in [0, 0.05) is 23.9 Å². The molecule has 35 heavy (non-hydrogen) atoms. The van der Waals surface area contributed by atoms with Crippen molar-refractivity contribution in [1.29, 1.82) is 0 Å². The zero-order valence-electron chi connectivity index (χ0n) is 20.0. The van der Waals surface area contributed by atoms with Crippen molar-refractivity contribution in [3.8, 4) is 16.3 Å². The Balaban J connectivity index is 1.40. The molecule has 0 saturated carbocycles. The molecule has 0 atom stereocenters. The molecule has 1 aliphatic rings. The van der Waals surface area contributed by atoms with Crippen LogP contribution >= 0.6 is 22.7 Å². The predicted octanol–water partition coefficient (Wildman–Crippen LogP) is 6.07. The first-order valence-electron chi connectivity index (χ1n) is 11.7. The molecule has 4 aromatic rings. The number of carbonyl (C=O) groups excluding carboxylic acids is 2. The summed E-state index contributed by atoms with van der Waals surface area (Å²) >= 11 is 3.15. The van der Waals surface area contributed by atoms with Crippen LogP contribution in [0.1, 0.15) is 42.7 Å². The molecule has 180 valence electrons. The van der Waals surface area contributed by atoms with Gasteiger partial charge in [0.05, 0.1) is 16.8 Å². The van der Waals surface area contributed by atoms with Crippen LogP contribution in [0, 0.1) is 0 Å². The maximum Gasteiger partial charge on any atom is 0.262 e. The van der Waals surface area contributed by atoms with Crippen LogP contribution < -0.4 is 10.1 Å². The van der Waals surface area contributed by atoms with Crippen molar-refractivity contribution in [3.05, 3.63) is 64.5 Å². The number of thiazole rings is 1. The number of hydrogen-bond acceptors (Lipinski definition) is 6. The number of nitrogens with zero attached hydrogens (tertiary/aromatic N) is 2. The number of amides is 2. The SMILES string of the molecule is CC(=O)N1CCc2c(sc(NC(=O)COc3ccc(C(C)C)cc3)c2-c2nc3ccccc3s2)C1. The van der Waals surface area contributed by atoms with Gasteiger partial charge in [-0.2, -0.15) is 0 Å². The third kappa shape index (κ3) is 4.94. The van der Waals surface area contributed by atoms with Crippen molar-refractivity contribution in [2.24, 2.45) is 0 Å². The zero-order chi connectivity index (χ0) is 24.5. The van der Waals surface area contributed by atoms with Gasteiger partial charge in [-0.3, -0.25) is 9.59 Å². The van der Waals surface area contributed by atoms with Gasteiger partial charge in [-0.1, -0.05) is 38.1 Å². The predicted molar refractivity (Wildman–Crippen MR) is 142 cm³/mol. The molecule has 0 saturated heterocycles. The first-order chi connectivity index (χ1) is 16.9. The number of carbonyl (C=O) groups is 2. The third-order valence-electron chi connectivity index (χ3n) is 6.18. The summed E-state index contributed by atoms with van der Waals surface area (Å²) in [4.78, 5) is 32.7. The molecule has 5 rings (SSSR count). The van der Waals surface area contributed by atoms with E-state index in [0.717, 1.165) is 37.1 Å². The zero-order valence-corrected chi connectivity index (χ0v) is 21.6. The number of nitrogens with one attached hydrogen (secondary N) is 1. The summed E-state index contributed by atoms with van der Waals surface area (Å²) in [5.41, 5.74) is 4.32. The standard InChI is InChI=1S/C27H27N3O3S2/c1-16(2)18-8-10-19(11-9-18)33-15-24(32)29-27-25(26-28-21-6-4-5-7-22(21)34-26)20-12-13-30(17(3)31)14-23(20)35-27/h4-11,16H,12-15H2,1-3H3,(H,29,32). The number of rotatable bonds is 6. The van der Waals surface area contributed by atoms with E-state index in [1.54, 1.807) is 18.3 Å². The molecule has 0 aliphatic carbocycles. The Labute approximate surface area is 212 Å². The molecule has 1 aliphatic heterocycles. The van der Waals surface area contributed by atoms with E-state index in [2.05, 4.69) is 25.2 Å². The number of thiophene rings is 1. The molecule has 0 unspecified atom stereocenters. The number of para-hydroxylation sites is 1. The highest BCUT2D eigenvalue weighted by atomic mass is 32.1. The van der Waals surface area contributed by atoms with E-state index < -0.39 is 0 Å². The Morgan fingerprint density at radius 1 is 1.11 bits per heavy atom. The summed E-state index contributed by atoms with van der Waals surface area (Å²) in [5.74, 6) is 0.950. The van der Waals surface area contributed by atoms with Crippen LogP contribution in [0.25, 0.3) is 20.8 Å². The van der Waals surface area contributed by atoms with Crippen molar-refractivity contribution >= 4 is 49.7 Å². The van der Waals surface area contributed by atoms with Crippen molar-refractivity contribution in [3.63, 3.8) is 0 Å². The van der Waals surface area contributed by atoms with Gasteiger partial charge >= 0.3 is 0 Å². The highest BCUT2D eigenvalue weighted by Crippen LogP contribution is 2.45. The van der Waals surface area contributed by atoms with Crippen LogP contribution in [0.3, 0.4) is 0 Å². The highest BCUT2D eigenvalue weighted by molar-refractivity contribution is 7.22.